The third kappa shape index (κ3) is 5.36. The van der Waals surface area contributed by atoms with Crippen molar-refractivity contribution in [2.75, 3.05) is 11.9 Å². The normalized spacial score (nSPS) is 11.9. The summed E-state index contributed by atoms with van der Waals surface area (Å²) >= 11 is 0. The number of nitrogens with one attached hydrogen (secondary N) is 2. The molecule has 5 nitrogen and oxygen atoms in total. The summed E-state index contributed by atoms with van der Waals surface area (Å²) in [5, 5.41) is 14.2. The molecule has 110 valence electrons. The SMILES string of the molecule is CCCC(NCCC(=O)Nc1ccccc1F)C(=O)O. The number of hydrogen-bond acceptors (Lipinski definition) is 3. The Kier molecular flexibility index (Phi) is 6.66. The van der Waals surface area contributed by atoms with E-state index < -0.39 is 17.8 Å². The molecule has 0 aliphatic rings. The Labute approximate surface area is 117 Å². The highest BCUT2D eigenvalue weighted by atomic mass is 19.1. The zero-order chi connectivity index (χ0) is 15.0. The molecule has 0 fully saturated rings. The van der Waals surface area contributed by atoms with Crippen molar-refractivity contribution < 1.29 is 19.1 Å². The van der Waals surface area contributed by atoms with Gasteiger partial charge in [-0.05, 0) is 18.6 Å². The molecule has 1 unspecified atom stereocenters. The molecule has 0 aliphatic carbocycles. The predicted molar refractivity (Wildman–Crippen MR) is 74.0 cm³/mol. The molecule has 1 amide bonds. The first kappa shape index (κ1) is 16.1. The molecule has 3 N–H and O–H groups in total. The number of anilines is 1. The van der Waals surface area contributed by atoms with Crippen LogP contribution in [0.1, 0.15) is 26.2 Å². The molecule has 0 saturated carbocycles. The van der Waals surface area contributed by atoms with Gasteiger partial charge >= 0.3 is 5.97 Å². The zero-order valence-electron chi connectivity index (χ0n) is 11.4. The topological polar surface area (TPSA) is 78.4 Å². The van der Waals surface area contributed by atoms with Crippen molar-refractivity contribution >= 4 is 17.6 Å². The van der Waals surface area contributed by atoms with Gasteiger partial charge in [-0.15, -0.1) is 0 Å². The fraction of sp³-hybridized carbons (Fsp3) is 0.429. The molecule has 1 atom stereocenters. The molecule has 6 heteroatoms. The molecule has 0 heterocycles. The van der Waals surface area contributed by atoms with Gasteiger partial charge in [-0.3, -0.25) is 9.59 Å². The van der Waals surface area contributed by atoms with Gasteiger partial charge in [0.05, 0.1) is 5.69 Å². The second-order valence-corrected chi connectivity index (χ2v) is 4.41. The van der Waals surface area contributed by atoms with Crippen molar-refractivity contribution in [3.63, 3.8) is 0 Å². The lowest BCUT2D eigenvalue weighted by atomic mass is 10.1. The standard InChI is InChI=1S/C14H19FN2O3/c1-2-5-12(14(19)20)16-9-8-13(18)17-11-7-4-3-6-10(11)15/h3-4,6-7,12,16H,2,5,8-9H2,1H3,(H,17,18)(H,19,20). The number of carbonyl (C=O) groups is 2. The maximum atomic E-state index is 13.3. The maximum Gasteiger partial charge on any atom is 0.320 e. The van der Waals surface area contributed by atoms with Gasteiger partial charge in [0, 0.05) is 13.0 Å². The Morgan fingerprint density at radius 1 is 1.35 bits per heavy atom. The number of carbonyl (C=O) groups excluding carboxylic acids is 1. The number of benzene rings is 1. The van der Waals surface area contributed by atoms with Crippen LogP contribution in [0.5, 0.6) is 0 Å². The number of amides is 1. The first-order valence-electron chi connectivity index (χ1n) is 6.55. The summed E-state index contributed by atoms with van der Waals surface area (Å²) < 4.78 is 13.3. The van der Waals surface area contributed by atoms with E-state index in [9.17, 15) is 14.0 Å². The Hall–Kier alpha value is -1.95. The lowest BCUT2D eigenvalue weighted by Crippen LogP contribution is -2.38. The Bertz CT molecular complexity index is 465. The lowest BCUT2D eigenvalue weighted by molar-refractivity contribution is -0.139. The highest BCUT2D eigenvalue weighted by Gasteiger charge is 2.15. The fourth-order valence-electron chi connectivity index (χ4n) is 1.74. The van der Waals surface area contributed by atoms with Crippen molar-refractivity contribution in [2.24, 2.45) is 0 Å². The van der Waals surface area contributed by atoms with Gasteiger partial charge in [0.25, 0.3) is 0 Å². The Morgan fingerprint density at radius 2 is 2.05 bits per heavy atom. The van der Waals surface area contributed by atoms with Gasteiger partial charge in [-0.2, -0.15) is 0 Å². The minimum atomic E-state index is -0.929. The first-order chi connectivity index (χ1) is 9.54. The van der Waals surface area contributed by atoms with Crippen LogP contribution in [0.3, 0.4) is 0 Å². The number of halogens is 1. The zero-order valence-corrected chi connectivity index (χ0v) is 11.4. The first-order valence-corrected chi connectivity index (χ1v) is 6.55. The molecule has 0 bridgehead atoms. The molecule has 0 radical (unpaired) electrons. The van der Waals surface area contributed by atoms with E-state index in [1.165, 1.54) is 18.2 Å². The molecule has 0 saturated heterocycles. The van der Waals surface area contributed by atoms with E-state index >= 15 is 0 Å². The lowest BCUT2D eigenvalue weighted by Gasteiger charge is -2.13. The highest BCUT2D eigenvalue weighted by molar-refractivity contribution is 5.90. The summed E-state index contributed by atoms with van der Waals surface area (Å²) in [4.78, 5) is 22.5. The van der Waals surface area contributed by atoms with E-state index in [-0.39, 0.29) is 24.6 Å². The number of para-hydroxylation sites is 1. The molecule has 0 spiro atoms. The number of rotatable bonds is 8. The summed E-state index contributed by atoms with van der Waals surface area (Å²) in [7, 11) is 0. The summed E-state index contributed by atoms with van der Waals surface area (Å²) in [5.74, 6) is -1.78. The third-order valence-electron chi connectivity index (χ3n) is 2.77. The van der Waals surface area contributed by atoms with Crippen molar-refractivity contribution in [1.82, 2.24) is 5.32 Å². The van der Waals surface area contributed by atoms with E-state index in [1.807, 2.05) is 6.92 Å². The second-order valence-electron chi connectivity index (χ2n) is 4.41. The molecule has 1 aromatic carbocycles. The minimum Gasteiger partial charge on any atom is -0.480 e. The van der Waals surface area contributed by atoms with Crippen molar-refractivity contribution in [2.45, 2.75) is 32.2 Å². The highest BCUT2D eigenvalue weighted by Crippen LogP contribution is 2.12. The average molecular weight is 282 g/mol. The summed E-state index contributed by atoms with van der Waals surface area (Å²) in [5.41, 5.74) is 0.126. The van der Waals surface area contributed by atoms with Crippen molar-refractivity contribution in [3.8, 4) is 0 Å². The van der Waals surface area contributed by atoms with Gasteiger partial charge in [0.1, 0.15) is 11.9 Å². The number of carboxylic acid groups (broad SMARTS) is 1. The number of hydrogen-bond donors (Lipinski definition) is 3. The van der Waals surface area contributed by atoms with Crippen LogP contribution in [-0.2, 0) is 9.59 Å². The van der Waals surface area contributed by atoms with Crippen LogP contribution in [0.2, 0.25) is 0 Å². The van der Waals surface area contributed by atoms with Crippen LogP contribution in [-0.4, -0.2) is 29.6 Å². The van der Waals surface area contributed by atoms with E-state index in [0.29, 0.717) is 6.42 Å². The van der Waals surface area contributed by atoms with Crippen LogP contribution in [0.25, 0.3) is 0 Å². The second kappa shape index (κ2) is 8.27. The molecule has 1 rings (SSSR count). The number of carboxylic acids is 1. The van der Waals surface area contributed by atoms with Crippen LogP contribution in [0, 0.1) is 5.82 Å². The van der Waals surface area contributed by atoms with E-state index in [1.54, 1.807) is 6.07 Å². The molecule has 0 aromatic heterocycles. The Morgan fingerprint density at radius 3 is 2.65 bits per heavy atom. The molecule has 0 aliphatic heterocycles. The molecule has 1 aromatic rings. The molecular formula is C14H19FN2O3. The summed E-state index contributed by atoms with van der Waals surface area (Å²) in [6, 6.07) is 5.24. The molecular weight excluding hydrogens is 263 g/mol. The Balaban J connectivity index is 2.37. The fourth-order valence-corrected chi connectivity index (χ4v) is 1.74. The smallest absolute Gasteiger partial charge is 0.320 e. The quantitative estimate of drug-likeness (QED) is 0.681. The van der Waals surface area contributed by atoms with E-state index in [0.717, 1.165) is 6.42 Å². The summed E-state index contributed by atoms with van der Waals surface area (Å²) in [6.07, 6.45) is 1.33. The summed E-state index contributed by atoms with van der Waals surface area (Å²) in [6.45, 7) is 2.12. The van der Waals surface area contributed by atoms with Crippen LogP contribution < -0.4 is 10.6 Å². The number of aliphatic carboxylic acids is 1. The van der Waals surface area contributed by atoms with Crippen LogP contribution >= 0.6 is 0 Å². The largest absolute Gasteiger partial charge is 0.480 e. The molecule has 20 heavy (non-hydrogen) atoms. The van der Waals surface area contributed by atoms with Gasteiger partial charge in [-0.25, -0.2) is 4.39 Å². The van der Waals surface area contributed by atoms with Crippen molar-refractivity contribution in [1.29, 1.82) is 0 Å². The third-order valence-corrected chi connectivity index (χ3v) is 2.77. The monoisotopic (exact) mass is 282 g/mol. The van der Waals surface area contributed by atoms with Gasteiger partial charge in [-0.1, -0.05) is 25.5 Å². The van der Waals surface area contributed by atoms with Crippen LogP contribution in [0.4, 0.5) is 10.1 Å². The minimum absolute atomic E-state index is 0.0851. The van der Waals surface area contributed by atoms with Crippen LogP contribution in [0.15, 0.2) is 24.3 Å². The maximum absolute atomic E-state index is 13.3. The predicted octanol–water partition coefficient (Wildman–Crippen LogP) is 2.00. The van der Waals surface area contributed by atoms with Gasteiger partial charge in [0.15, 0.2) is 0 Å². The average Bonchev–Trinajstić information content (AvgIpc) is 2.40. The van der Waals surface area contributed by atoms with E-state index in [2.05, 4.69) is 10.6 Å². The van der Waals surface area contributed by atoms with Gasteiger partial charge < -0.3 is 15.7 Å². The van der Waals surface area contributed by atoms with Gasteiger partial charge in [0.2, 0.25) is 5.91 Å². The van der Waals surface area contributed by atoms with Crippen molar-refractivity contribution in [3.05, 3.63) is 30.1 Å². The van der Waals surface area contributed by atoms with E-state index in [4.69, 9.17) is 5.11 Å².